The van der Waals surface area contributed by atoms with Gasteiger partial charge in [0.2, 0.25) is 0 Å². The fraction of sp³-hybridized carbons (Fsp3) is 0.118. The van der Waals surface area contributed by atoms with Gasteiger partial charge >= 0.3 is 12.1 Å². The van der Waals surface area contributed by atoms with Gasteiger partial charge in [0.25, 0.3) is 0 Å². The van der Waals surface area contributed by atoms with E-state index in [9.17, 15) is 14.7 Å². The minimum atomic E-state index is -1.09. The van der Waals surface area contributed by atoms with Gasteiger partial charge in [-0.3, -0.25) is 5.32 Å². The minimum absolute atomic E-state index is 0.0126. The van der Waals surface area contributed by atoms with Gasteiger partial charge in [-0.15, -0.1) is 0 Å². The highest BCUT2D eigenvalue weighted by molar-refractivity contribution is 6.13. The van der Waals surface area contributed by atoms with E-state index in [1.807, 2.05) is 12.1 Å². The highest BCUT2D eigenvalue weighted by Crippen LogP contribution is 2.28. The summed E-state index contributed by atoms with van der Waals surface area (Å²) in [6.07, 6.45) is -0.564. The van der Waals surface area contributed by atoms with Crippen LogP contribution in [0.4, 0.5) is 10.5 Å². The summed E-state index contributed by atoms with van der Waals surface area (Å²) in [6, 6.07) is 12.4. The highest BCUT2D eigenvalue weighted by Gasteiger charge is 2.14. The van der Waals surface area contributed by atoms with E-state index < -0.39 is 12.1 Å². The number of fused-ring (bicyclic) bond motifs is 3. The molecule has 0 aliphatic heterocycles. The van der Waals surface area contributed by atoms with Crippen molar-refractivity contribution in [2.24, 2.45) is 0 Å². The van der Waals surface area contributed by atoms with Crippen LogP contribution in [0.1, 0.15) is 17.4 Å². The van der Waals surface area contributed by atoms with Crippen LogP contribution in [0.2, 0.25) is 0 Å². The summed E-state index contributed by atoms with van der Waals surface area (Å²) in [5, 5.41) is 14.2. The monoisotopic (exact) mass is 310 g/mol. The van der Waals surface area contributed by atoms with Gasteiger partial charge in [-0.1, -0.05) is 30.3 Å². The molecule has 0 unspecified atom stereocenters. The number of carboxylic acid groups (broad SMARTS) is 1. The largest absolute Gasteiger partial charge is 0.476 e. The second kappa shape index (κ2) is 5.92. The Morgan fingerprint density at radius 3 is 2.57 bits per heavy atom. The number of rotatable bonds is 3. The fourth-order valence-electron chi connectivity index (χ4n) is 2.48. The SMILES string of the molecule is CCOC(=O)Nc1ccc2c(c1)nc(C(=O)O)c1ccccc12. The lowest BCUT2D eigenvalue weighted by Crippen LogP contribution is -2.13. The van der Waals surface area contributed by atoms with Crippen LogP contribution in [-0.4, -0.2) is 28.8 Å². The number of carboxylic acids is 1. The first-order valence-electron chi connectivity index (χ1n) is 7.09. The Balaban J connectivity index is 2.17. The number of hydrogen-bond donors (Lipinski definition) is 2. The minimum Gasteiger partial charge on any atom is -0.476 e. The summed E-state index contributed by atoms with van der Waals surface area (Å²) in [5.41, 5.74) is 0.979. The van der Waals surface area contributed by atoms with Crippen LogP contribution in [0, 0.1) is 0 Å². The van der Waals surface area contributed by atoms with Gasteiger partial charge in [0.15, 0.2) is 5.69 Å². The molecule has 116 valence electrons. The van der Waals surface area contributed by atoms with Gasteiger partial charge in [0.05, 0.1) is 12.1 Å². The maximum atomic E-state index is 11.5. The first kappa shape index (κ1) is 14.8. The van der Waals surface area contributed by atoms with Crippen molar-refractivity contribution >= 4 is 39.4 Å². The number of anilines is 1. The van der Waals surface area contributed by atoms with E-state index in [4.69, 9.17) is 4.74 Å². The van der Waals surface area contributed by atoms with Crippen molar-refractivity contribution in [2.75, 3.05) is 11.9 Å². The molecule has 2 N–H and O–H groups in total. The Kier molecular flexibility index (Phi) is 3.80. The molecular formula is C17H14N2O4. The number of benzene rings is 2. The molecule has 3 rings (SSSR count). The van der Waals surface area contributed by atoms with E-state index in [0.29, 0.717) is 16.6 Å². The lowest BCUT2D eigenvalue weighted by Gasteiger charge is -2.09. The van der Waals surface area contributed by atoms with Crippen molar-refractivity contribution in [3.05, 3.63) is 48.2 Å². The molecule has 2 aromatic carbocycles. The summed E-state index contributed by atoms with van der Waals surface area (Å²) < 4.78 is 4.83. The van der Waals surface area contributed by atoms with E-state index in [0.717, 1.165) is 10.8 Å². The maximum Gasteiger partial charge on any atom is 0.411 e. The van der Waals surface area contributed by atoms with Crippen LogP contribution < -0.4 is 5.32 Å². The second-order valence-corrected chi connectivity index (χ2v) is 4.89. The van der Waals surface area contributed by atoms with Gasteiger partial charge in [-0.05, 0) is 24.4 Å². The van der Waals surface area contributed by atoms with E-state index in [1.54, 1.807) is 37.3 Å². The molecule has 1 amide bonds. The third-order valence-electron chi connectivity index (χ3n) is 3.43. The Morgan fingerprint density at radius 1 is 1.13 bits per heavy atom. The number of aromatic carboxylic acids is 1. The quantitative estimate of drug-likeness (QED) is 0.721. The Hall–Kier alpha value is -3.15. The van der Waals surface area contributed by atoms with E-state index in [2.05, 4.69) is 10.3 Å². The van der Waals surface area contributed by atoms with Crippen molar-refractivity contribution in [1.29, 1.82) is 0 Å². The van der Waals surface area contributed by atoms with Crippen LogP contribution in [0.25, 0.3) is 21.7 Å². The molecule has 0 radical (unpaired) electrons. The summed E-state index contributed by atoms with van der Waals surface area (Å²) in [6.45, 7) is 1.98. The number of nitrogens with one attached hydrogen (secondary N) is 1. The number of amides is 1. The number of carbonyl (C=O) groups excluding carboxylic acids is 1. The molecule has 0 bridgehead atoms. The number of nitrogens with zero attached hydrogens (tertiary/aromatic N) is 1. The topological polar surface area (TPSA) is 88.5 Å². The van der Waals surface area contributed by atoms with E-state index >= 15 is 0 Å². The first-order valence-corrected chi connectivity index (χ1v) is 7.09. The van der Waals surface area contributed by atoms with Gasteiger partial charge in [0, 0.05) is 16.5 Å². The Labute approximate surface area is 131 Å². The molecule has 0 spiro atoms. The van der Waals surface area contributed by atoms with Crippen molar-refractivity contribution < 1.29 is 19.4 Å². The highest BCUT2D eigenvalue weighted by atomic mass is 16.5. The summed E-state index contributed by atoms with van der Waals surface area (Å²) in [4.78, 5) is 27.2. The van der Waals surface area contributed by atoms with Crippen molar-refractivity contribution in [3.63, 3.8) is 0 Å². The number of pyridine rings is 1. The normalized spacial score (nSPS) is 10.7. The zero-order valence-corrected chi connectivity index (χ0v) is 12.4. The third-order valence-corrected chi connectivity index (χ3v) is 3.43. The van der Waals surface area contributed by atoms with Gasteiger partial charge < -0.3 is 9.84 Å². The number of aromatic nitrogens is 1. The molecule has 0 aliphatic rings. The average Bonchev–Trinajstić information content (AvgIpc) is 2.54. The van der Waals surface area contributed by atoms with Crippen molar-refractivity contribution in [3.8, 4) is 0 Å². The molecule has 6 heteroatoms. The number of hydrogen-bond acceptors (Lipinski definition) is 4. The molecule has 1 heterocycles. The molecule has 1 aromatic heterocycles. The summed E-state index contributed by atoms with van der Waals surface area (Å²) >= 11 is 0. The van der Waals surface area contributed by atoms with E-state index in [-0.39, 0.29) is 12.3 Å². The Bertz CT molecular complexity index is 921. The van der Waals surface area contributed by atoms with Crippen molar-refractivity contribution in [2.45, 2.75) is 6.92 Å². The third kappa shape index (κ3) is 2.78. The first-order chi connectivity index (χ1) is 11.1. The van der Waals surface area contributed by atoms with Crippen LogP contribution >= 0.6 is 0 Å². The molecule has 0 saturated heterocycles. The molecule has 3 aromatic rings. The fourth-order valence-corrected chi connectivity index (χ4v) is 2.48. The molecule has 23 heavy (non-hydrogen) atoms. The predicted molar refractivity (Wildman–Crippen MR) is 86.9 cm³/mol. The number of carbonyl (C=O) groups is 2. The van der Waals surface area contributed by atoms with Gasteiger partial charge in [0.1, 0.15) is 0 Å². The molecule has 0 aliphatic carbocycles. The molecule has 0 saturated carbocycles. The van der Waals surface area contributed by atoms with Gasteiger partial charge in [-0.2, -0.15) is 0 Å². The summed E-state index contributed by atoms with van der Waals surface area (Å²) in [5.74, 6) is -1.09. The number of ether oxygens (including phenoxy) is 1. The van der Waals surface area contributed by atoms with Crippen LogP contribution in [0.5, 0.6) is 0 Å². The van der Waals surface area contributed by atoms with Crippen LogP contribution in [-0.2, 0) is 4.74 Å². The van der Waals surface area contributed by atoms with E-state index in [1.165, 1.54) is 0 Å². The predicted octanol–water partition coefficient (Wildman–Crippen LogP) is 3.65. The smallest absolute Gasteiger partial charge is 0.411 e. The summed E-state index contributed by atoms with van der Waals surface area (Å²) in [7, 11) is 0. The molecular weight excluding hydrogens is 296 g/mol. The zero-order valence-electron chi connectivity index (χ0n) is 12.4. The molecule has 0 atom stereocenters. The van der Waals surface area contributed by atoms with Crippen LogP contribution in [0.3, 0.4) is 0 Å². The van der Waals surface area contributed by atoms with Crippen molar-refractivity contribution in [1.82, 2.24) is 4.98 Å². The standard InChI is InChI=1S/C17H14N2O4/c1-2-23-17(22)18-10-7-8-12-11-5-3-4-6-13(11)15(16(20)21)19-14(12)9-10/h3-9H,2H2,1H3,(H,18,22)(H,20,21). The maximum absolute atomic E-state index is 11.5. The molecule has 6 nitrogen and oxygen atoms in total. The van der Waals surface area contributed by atoms with Crippen LogP contribution in [0.15, 0.2) is 42.5 Å². The molecule has 0 fully saturated rings. The second-order valence-electron chi connectivity index (χ2n) is 4.89. The average molecular weight is 310 g/mol. The lowest BCUT2D eigenvalue weighted by molar-refractivity contribution is 0.0693. The lowest BCUT2D eigenvalue weighted by atomic mass is 10.0. The zero-order chi connectivity index (χ0) is 16.4. The van der Waals surface area contributed by atoms with Gasteiger partial charge in [-0.25, -0.2) is 14.6 Å². The Morgan fingerprint density at radius 2 is 1.87 bits per heavy atom.